The maximum atomic E-state index is 14.0. The fourth-order valence-corrected chi connectivity index (χ4v) is 2.40. The first-order valence-electron chi connectivity index (χ1n) is 6.19. The SMILES string of the molecule is COc1ccc(OC)c(C(Cl)c2cc(C)ccc2F)c1. The lowest BCUT2D eigenvalue weighted by molar-refractivity contribution is 0.399. The van der Waals surface area contributed by atoms with Crippen LogP contribution in [0.2, 0.25) is 0 Å². The maximum Gasteiger partial charge on any atom is 0.128 e. The zero-order valence-corrected chi connectivity index (χ0v) is 12.4. The highest BCUT2D eigenvalue weighted by Gasteiger charge is 2.20. The Balaban J connectivity index is 2.51. The summed E-state index contributed by atoms with van der Waals surface area (Å²) in [6.07, 6.45) is 0. The third kappa shape index (κ3) is 2.88. The summed E-state index contributed by atoms with van der Waals surface area (Å²) >= 11 is 6.45. The fourth-order valence-electron chi connectivity index (χ4n) is 2.06. The molecule has 0 aliphatic rings. The Bertz CT molecular complexity index is 613. The minimum atomic E-state index is -0.639. The van der Waals surface area contributed by atoms with E-state index in [1.807, 2.05) is 6.92 Å². The molecule has 0 saturated heterocycles. The van der Waals surface area contributed by atoms with Crippen molar-refractivity contribution >= 4 is 11.6 Å². The van der Waals surface area contributed by atoms with Gasteiger partial charge in [-0.05, 0) is 31.2 Å². The van der Waals surface area contributed by atoms with Gasteiger partial charge in [0.25, 0.3) is 0 Å². The van der Waals surface area contributed by atoms with E-state index in [0.29, 0.717) is 22.6 Å². The molecule has 0 amide bonds. The summed E-state index contributed by atoms with van der Waals surface area (Å²) in [5, 5.41) is -0.639. The number of hydrogen-bond acceptors (Lipinski definition) is 2. The van der Waals surface area contributed by atoms with Crippen molar-refractivity contribution < 1.29 is 13.9 Å². The second kappa shape index (κ2) is 6.14. The molecular formula is C16H16ClFO2. The van der Waals surface area contributed by atoms with Crippen LogP contribution in [0.3, 0.4) is 0 Å². The van der Waals surface area contributed by atoms with Crippen LogP contribution in [-0.2, 0) is 0 Å². The fraction of sp³-hybridized carbons (Fsp3) is 0.250. The Kier molecular flexibility index (Phi) is 4.50. The molecule has 0 heterocycles. The summed E-state index contributed by atoms with van der Waals surface area (Å²) in [4.78, 5) is 0. The van der Waals surface area contributed by atoms with E-state index in [1.165, 1.54) is 6.07 Å². The zero-order valence-electron chi connectivity index (χ0n) is 11.6. The van der Waals surface area contributed by atoms with Crippen LogP contribution in [0.15, 0.2) is 36.4 Å². The summed E-state index contributed by atoms with van der Waals surface area (Å²) in [6.45, 7) is 1.90. The van der Waals surface area contributed by atoms with Crippen molar-refractivity contribution in [1.82, 2.24) is 0 Å². The highest BCUT2D eigenvalue weighted by Crippen LogP contribution is 2.38. The van der Waals surface area contributed by atoms with E-state index < -0.39 is 5.38 Å². The normalized spacial score (nSPS) is 12.1. The quantitative estimate of drug-likeness (QED) is 0.774. The van der Waals surface area contributed by atoms with Gasteiger partial charge in [-0.25, -0.2) is 4.39 Å². The molecule has 0 saturated carbocycles. The van der Waals surface area contributed by atoms with Crippen LogP contribution in [0.1, 0.15) is 22.1 Å². The Morgan fingerprint density at radius 1 is 1.00 bits per heavy atom. The predicted octanol–water partition coefficient (Wildman–Crippen LogP) is 4.48. The molecule has 1 unspecified atom stereocenters. The molecule has 1 atom stereocenters. The Morgan fingerprint density at radius 3 is 2.40 bits per heavy atom. The van der Waals surface area contributed by atoms with Gasteiger partial charge in [0.2, 0.25) is 0 Å². The van der Waals surface area contributed by atoms with Crippen LogP contribution in [0.25, 0.3) is 0 Å². The third-order valence-electron chi connectivity index (χ3n) is 3.13. The van der Waals surface area contributed by atoms with E-state index in [2.05, 4.69) is 0 Å². The van der Waals surface area contributed by atoms with Crippen molar-refractivity contribution in [2.75, 3.05) is 14.2 Å². The van der Waals surface area contributed by atoms with Crippen molar-refractivity contribution in [1.29, 1.82) is 0 Å². The van der Waals surface area contributed by atoms with Gasteiger partial charge in [0.1, 0.15) is 17.3 Å². The molecule has 2 aromatic rings. The number of benzene rings is 2. The summed E-state index contributed by atoms with van der Waals surface area (Å²) in [7, 11) is 3.13. The van der Waals surface area contributed by atoms with Crippen molar-refractivity contribution in [3.63, 3.8) is 0 Å². The van der Waals surface area contributed by atoms with Crippen LogP contribution in [0.4, 0.5) is 4.39 Å². The first kappa shape index (κ1) is 14.7. The lowest BCUT2D eigenvalue weighted by Gasteiger charge is -2.16. The number of aryl methyl sites for hydroxylation is 1. The maximum absolute atomic E-state index is 14.0. The Labute approximate surface area is 123 Å². The molecule has 2 aromatic carbocycles. The predicted molar refractivity (Wildman–Crippen MR) is 78.4 cm³/mol. The molecule has 0 radical (unpaired) electrons. The van der Waals surface area contributed by atoms with E-state index >= 15 is 0 Å². The van der Waals surface area contributed by atoms with Crippen molar-refractivity contribution in [2.45, 2.75) is 12.3 Å². The summed E-state index contributed by atoms with van der Waals surface area (Å²) in [6, 6.07) is 10.2. The van der Waals surface area contributed by atoms with Crippen LogP contribution in [0.5, 0.6) is 11.5 Å². The van der Waals surface area contributed by atoms with Crippen LogP contribution < -0.4 is 9.47 Å². The van der Waals surface area contributed by atoms with Gasteiger partial charge in [0.15, 0.2) is 0 Å². The lowest BCUT2D eigenvalue weighted by Crippen LogP contribution is -2.01. The van der Waals surface area contributed by atoms with E-state index in [-0.39, 0.29) is 5.82 Å². The van der Waals surface area contributed by atoms with Gasteiger partial charge in [-0.15, -0.1) is 11.6 Å². The second-order valence-corrected chi connectivity index (χ2v) is 4.93. The van der Waals surface area contributed by atoms with Crippen LogP contribution >= 0.6 is 11.6 Å². The Morgan fingerprint density at radius 2 is 1.75 bits per heavy atom. The van der Waals surface area contributed by atoms with Gasteiger partial charge < -0.3 is 9.47 Å². The highest BCUT2D eigenvalue weighted by atomic mass is 35.5. The average molecular weight is 295 g/mol. The van der Waals surface area contributed by atoms with Crippen molar-refractivity contribution in [3.8, 4) is 11.5 Å². The minimum absolute atomic E-state index is 0.333. The highest BCUT2D eigenvalue weighted by molar-refractivity contribution is 6.22. The number of alkyl halides is 1. The molecule has 106 valence electrons. The van der Waals surface area contributed by atoms with Gasteiger partial charge in [0.05, 0.1) is 19.6 Å². The van der Waals surface area contributed by atoms with E-state index in [0.717, 1.165) is 5.56 Å². The first-order chi connectivity index (χ1) is 9.56. The molecule has 20 heavy (non-hydrogen) atoms. The van der Waals surface area contributed by atoms with E-state index in [1.54, 1.807) is 44.6 Å². The third-order valence-corrected chi connectivity index (χ3v) is 3.60. The molecule has 2 nitrogen and oxygen atoms in total. The lowest BCUT2D eigenvalue weighted by atomic mass is 10.0. The largest absolute Gasteiger partial charge is 0.497 e. The van der Waals surface area contributed by atoms with Gasteiger partial charge in [-0.3, -0.25) is 0 Å². The number of hydrogen-bond donors (Lipinski definition) is 0. The number of halogens is 2. The smallest absolute Gasteiger partial charge is 0.128 e. The summed E-state index contributed by atoms with van der Waals surface area (Å²) < 4.78 is 24.4. The van der Waals surface area contributed by atoms with Crippen molar-refractivity contribution in [3.05, 3.63) is 58.9 Å². The number of rotatable bonds is 4. The molecule has 0 aromatic heterocycles. The average Bonchev–Trinajstić information content (AvgIpc) is 2.48. The molecule has 0 fully saturated rings. The van der Waals surface area contributed by atoms with E-state index in [9.17, 15) is 4.39 Å². The molecule has 0 spiro atoms. The van der Waals surface area contributed by atoms with Gasteiger partial charge in [-0.1, -0.05) is 17.7 Å². The molecule has 0 bridgehead atoms. The van der Waals surface area contributed by atoms with Crippen LogP contribution in [0, 0.1) is 12.7 Å². The van der Waals surface area contributed by atoms with Gasteiger partial charge in [-0.2, -0.15) is 0 Å². The second-order valence-electron chi connectivity index (χ2n) is 4.50. The molecule has 0 aliphatic heterocycles. The van der Waals surface area contributed by atoms with Gasteiger partial charge in [0, 0.05) is 11.1 Å². The number of methoxy groups -OCH3 is 2. The van der Waals surface area contributed by atoms with E-state index in [4.69, 9.17) is 21.1 Å². The molecule has 0 aliphatic carbocycles. The molecular weight excluding hydrogens is 279 g/mol. The monoisotopic (exact) mass is 294 g/mol. The summed E-state index contributed by atoms with van der Waals surface area (Å²) in [5.41, 5.74) is 2.06. The minimum Gasteiger partial charge on any atom is -0.497 e. The van der Waals surface area contributed by atoms with Crippen LogP contribution in [-0.4, -0.2) is 14.2 Å². The van der Waals surface area contributed by atoms with Crippen molar-refractivity contribution in [2.24, 2.45) is 0 Å². The molecule has 0 N–H and O–H groups in total. The molecule has 4 heteroatoms. The molecule has 2 rings (SSSR count). The summed E-state index contributed by atoms with van der Waals surface area (Å²) in [5.74, 6) is 0.923. The van der Waals surface area contributed by atoms with Gasteiger partial charge >= 0.3 is 0 Å². The zero-order chi connectivity index (χ0) is 14.7. The topological polar surface area (TPSA) is 18.5 Å². The Hall–Kier alpha value is -1.74. The standard InChI is InChI=1S/C16H16ClFO2/c1-10-4-6-14(18)12(8-10)16(17)13-9-11(19-2)5-7-15(13)20-3/h4-9,16H,1-3H3. The number of ether oxygens (including phenoxy) is 2. The first-order valence-corrected chi connectivity index (χ1v) is 6.62.